The molecule has 2 rings (SSSR count). The number of aromatic hydroxyl groups is 1. The van der Waals surface area contributed by atoms with Gasteiger partial charge in [0.2, 0.25) is 0 Å². The lowest BCUT2D eigenvalue weighted by Crippen LogP contribution is -2.15. The summed E-state index contributed by atoms with van der Waals surface area (Å²) in [4.78, 5) is 11.6. The predicted octanol–water partition coefficient (Wildman–Crippen LogP) is 4.98. The first-order chi connectivity index (χ1) is 14.3. The lowest BCUT2D eigenvalue weighted by atomic mass is 9.81. The molecule has 0 saturated heterocycles. The Hall–Kier alpha value is -2.53. The lowest BCUT2D eigenvalue weighted by molar-refractivity contribution is -0.145. The average molecular weight is 415 g/mol. The van der Waals surface area contributed by atoms with Crippen molar-refractivity contribution < 1.29 is 24.5 Å². The first kappa shape index (κ1) is 23.7. The van der Waals surface area contributed by atoms with Crippen LogP contribution in [0, 0.1) is 13.8 Å². The molecule has 0 heterocycles. The monoisotopic (exact) mass is 414 g/mol. The van der Waals surface area contributed by atoms with Gasteiger partial charge in [-0.3, -0.25) is 0 Å². The summed E-state index contributed by atoms with van der Waals surface area (Å²) in [5, 5.41) is 19.7. The number of benzene rings is 2. The van der Waals surface area contributed by atoms with Crippen LogP contribution < -0.4 is 4.74 Å². The van der Waals surface area contributed by atoms with E-state index in [0.29, 0.717) is 24.5 Å². The van der Waals surface area contributed by atoms with Crippen molar-refractivity contribution in [3.8, 4) is 11.5 Å². The number of hydrogen-bond donors (Lipinski definition) is 2. The molecular weight excluding hydrogens is 380 g/mol. The molecule has 0 saturated carbocycles. The van der Waals surface area contributed by atoms with Gasteiger partial charge in [0.05, 0.1) is 6.61 Å². The maximum absolute atomic E-state index is 11.6. The highest BCUT2D eigenvalue weighted by molar-refractivity contribution is 5.71. The van der Waals surface area contributed by atoms with Gasteiger partial charge in [-0.25, -0.2) is 4.79 Å². The number of phenolic OH excluding ortho intramolecular Hbond substituents is 1. The van der Waals surface area contributed by atoms with E-state index in [-0.39, 0.29) is 31.0 Å². The smallest absolute Gasteiger partial charge is 0.344 e. The molecule has 0 spiro atoms. The van der Waals surface area contributed by atoms with Crippen LogP contribution in [0.15, 0.2) is 30.3 Å². The van der Waals surface area contributed by atoms with Crippen molar-refractivity contribution in [2.24, 2.45) is 0 Å². The SMILES string of the molecule is CCOC(=O)COc1cc(C)c(C(CCCO)c2ccc(O)c(C(C)C)c2)c(C)c1. The molecule has 5 heteroatoms. The van der Waals surface area contributed by atoms with Crippen molar-refractivity contribution >= 4 is 5.97 Å². The third-order valence-corrected chi connectivity index (χ3v) is 5.30. The molecule has 0 bridgehead atoms. The number of phenols is 1. The highest BCUT2D eigenvalue weighted by Gasteiger charge is 2.21. The number of ether oxygens (including phenoxy) is 2. The molecule has 0 aliphatic carbocycles. The van der Waals surface area contributed by atoms with Crippen molar-refractivity contribution in [2.75, 3.05) is 19.8 Å². The third-order valence-electron chi connectivity index (χ3n) is 5.30. The minimum absolute atomic E-state index is 0.0920. The van der Waals surface area contributed by atoms with Gasteiger partial charge in [0, 0.05) is 12.5 Å². The van der Waals surface area contributed by atoms with E-state index in [0.717, 1.165) is 28.7 Å². The summed E-state index contributed by atoms with van der Waals surface area (Å²) in [6.07, 6.45) is 1.48. The Morgan fingerprint density at radius 1 is 1.10 bits per heavy atom. The molecule has 2 N–H and O–H groups in total. The molecule has 0 aromatic heterocycles. The second-order valence-electron chi connectivity index (χ2n) is 7.96. The summed E-state index contributed by atoms with van der Waals surface area (Å²) in [5.41, 5.74) is 5.36. The maximum atomic E-state index is 11.6. The number of aliphatic hydroxyl groups is 1. The zero-order chi connectivity index (χ0) is 22.3. The molecule has 1 atom stereocenters. The van der Waals surface area contributed by atoms with Crippen LogP contribution in [0.25, 0.3) is 0 Å². The van der Waals surface area contributed by atoms with Crippen molar-refractivity contribution in [2.45, 2.75) is 59.3 Å². The van der Waals surface area contributed by atoms with Crippen molar-refractivity contribution in [3.63, 3.8) is 0 Å². The normalized spacial score (nSPS) is 12.1. The van der Waals surface area contributed by atoms with Gasteiger partial charge >= 0.3 is 5.97 Å². The van der Waals surface area contributed by atoms with E-state index in [1.165, 1.54) is 5.56 Å². The molecule has 0 fully saturated rings. The Morgan fingerprint density at radius 3 is 2.33 bits per heavy atom. The standard InChI is InChI=1S/C25H34O5/c1-6-29-24(28)15-30-20-12-17(4)25(18(5)13-20)21(8-7-11-26)19-9-10-23(27)22(14-19)16(2)3/h9-10,12-14,16,21,26-27H,6-8,11,15H2,1-5H3. The Labute approximate surface area is 179 Å². The van der Waals surface area contributed by atoms with Gasteiger partial charge < -0.3 is 19.7 Å². The molecule has 0 aliphatic rings. The van der Waals surface area contributed by atoms with Crippen LogP contribution in [0.1, 0.15) is 73.3 Å². The summed E-state index contributed by atoms with van der Waals surface area (Å²) < 4.78 is 10.5. The van der Waals surface area contributed by atoms with Crippen LogP contribution in [0.3, 0.4) is 0 Å². The van der Waals surface area contributed by atoms with E-state index in [2.05, 4.69) is 19.9 Å². The number of hydrogen-bond acceptors (Lipinski definition) is 5. The van der Waals surface area contributed by atoms with Crippen LogP contribution in [-0.4, -0.2) is 36.0 Å². The van der Waals surface area contributed by atoms with Crippen molar-refractivity contribution in [1.82, 2.24) is 0 Å². The first-order valence-corrected chi connectivity index (χ1v) is 10.6. The fraction of sp³-hybridized carbons (Fsp3) is 0.480. The van der Waals surface area contributed by atoms with Crippen LogP contribution in [-0.2, 0) is 9.53 Å². The van der Waals surface area contributed by atoms with Gasteiger partial charge in [0.1, 0.15) is 11.5 Å². The Morgan fingerprint density at radius 2 is 1.77 bits per heavy atom. The van der Waals surface area contributed by atoms with Crippen LogP contribution >= 0.6 is 0 Å². The van der Waals surface area contributed by atoms with Gasteiger partial charge in [-0.05, 0) is 85.5 Å². The second kappa shape index (κ2) is 11.0. The number of aryl methyl sites for hydroxylation is 2. The molecule has 1 unspecified atom stereocenters. The van der Waals surface area contributed by atoms with E-state index >= 15 is 0 Å². The molecule has 30 heavy (non-hydrogen) atoms. The number of rotatable bonds is 10. The lowest BCUT2D eigenvalue weighted by Gasteiger charge is -2.24. The van der Waals surface area contributed by atoms with Gasteiger partial charge in [0.15, 0.2) is 6.61 Å². The predicted molar refractivity (Wildman–Crippen MR) is 118 cm³/mol. The maximum Gasteiger partial charge on any atom is 0.344 e. The topological polar surface area (TPSA) is 76.0 Å². The number of esters is 1. The first-order valence-electron chi connectivity index (χ1n) is 10.6. The molecular formula is C25H34O5. The van der Waals surface area contributed by atoms with E-state index in [4.69, 9.17) is 9.47 Å². The molecule has 0 aliphatic heterocycles. The minimum Gasteiger partial charge on any atom is -0.508 e. The molecule has 0 amide bonds. The van der Waals surface area contributed by atoms with Crippen LogP contribution in [0.5, 0.6) is 11.5 Å². The summed E-state index contributed by atoms with van der Waals surface area (Å²) in [5.74, 6) is 0.865. The number of carbonyl (C=O) groups is 1. The minimum atomic E-state index is -0.386. The third kappa shape index (κ3) is 5.99. The molecule has 5 nitrogen and oxygen atoms in total. The highest BCUT2D eigenvalue weighted by Crippen LogP contribution is 2.38. The highest BCUT2D eigenvalue weighted by atomic mass is 16.6. The second-order valence-corrected chi connectivity index (χ2v) is 7.96. The Balaban J connectivity index is 2.40. The van der Waals surface area contributed by atoms with Crippen LogP contribution in [0.4, 0.5) is 0 Å². The molecule has 2 aromatic carbocycles. The van der Waals surface area contributed by atoms with E-state index in [1.807, 2.05) is 32.0 Å². The largest absolute Gasteiger partial charge is 0.508 e. The van der Waals surface area contributed by atoms with Gasteiger partial charge in [-0.2, -0.15) is 0 Å². The number of carbonyl (C=O) groups excluding carboxylic acids is 1. The van der Waals surface area contributed by atoms with Crippen molar-refractivity contribution in [1.29, 1.82) is 0 Å². The van der Waals surface area contributed by atoms with E-state index in [1.54, 1.807) is 13.0 Å². The summed E-state index contributed by atoms with van der Waals surface area (Å²) in [6, 6.07) is 9.69. The van der Waals surface area contributed by atoms with E-state index in [9.17, 15) is 15.0 Å². The quantitative estimate of drug-likeness (QED) is 0.536. The Kier molecular flexibility index (Phi) is 8.72. The number of aliphatic hydroxyl groups excluding tert-OH is 1. The van der Waals surface area contributed by atoms with Crippen LogP contribution in [0.2, 0.25) is 0 Å². The average Bonchev–Trinajstić information content (AvgIpc) is 2.69. The molecule has 164 valence electrons. The fourth-order valence-corrected chi connectivity index (χ4v) is 3.94. The zero-order valence-corrected chi connectivity index (χ0v) is 18.7. The Bertz CT molecular complexity index is 834. The van der Waals surface area contributed by atoms with Gasteiger partial charge in [-0.15, -0.1) is 0 Å². The van der Waals surface area contributed by atoms with Gasteiger partial charge in [-0.1, -0.05) is 26.0 Å². The van der Waals surface area contributed by atoms with Crippen molar-refractivity contribution in [3.05, 3.63) is 58.1 Å². The summed E-state index contributed by atoms with van der Waals surface area (Å²) in [6.45, 7) is 10.3. The summed E-state index contributed by atoms with van der Waals surface area (Å²) in [7, 11) is 0. The molecule has 2 aromatic rings. The van der Waals surface area contributed by atoms with E-state index < -0.39 is 0 Å². The van der Waals surface area contributed by atoms with Gasteiger partial charge in [0.25, 0.3) is 0 Å². The summed E-state index contributed by atoms with van der Waals surface area (Å²) >= 11 is 0. The fourth-order valence-electron chi connectivity index (χ4n) is 3.94. The zero-order valence-electron chi connectivity index (χ0n) is 18.7. The molecule has 0 radical (unpaired) electrons.